The van der Waals surface area contributed by atoms with Gasteiger partial charge in [0.25, 0.3) is 0 Å². The van der Waals surface area contributed by atoms with E-state index >= 15 is 0 Å². The van der Waals surface area contributed by atoms with E-state index in [1.807, 2.05) is 0 Å². The normalized spacial score (nSPS) is 12.5. The summed E-state index contributed by atoms with van der Waals surface area (Å²) in [6.45, 7) is 11.5. The molecule has 0 radical (unpaired) electrons. The van der Waals surface area contributed by atoms with Crippen molar-refractivity contribution in [1.82, 2.24) is 0 Å². The summed E-state index contributed by atoms with van der Waals surface area (Å²) >= 11 is 0. The van der Waals surface area contributed by atoms with E-state index in [2.05, 4.69) is 94.9 Å². The van der Waals surface area contributed by atoms with Gasteiger partial charge in [0, 0.05) is 18.6 Å². The monoisotopic (exact) mass is 296 g/mol. The molecule has 0 saturated carbocycles. The van der Waals surface area contributed by atoms with Crippen LogP contribution >= 0.6 is 0 Å². The molecule has 1 aromatic carbocycles. The number of hydrogen-bond acceptors (Lipinski definition) is 0. The van der Waals surface area contributed by atoms with Crippen molar-refractivity contribution in [3.8, 4) is 0 Å². The van der Waals surface area contributed by atoms with Crippen molar-refractivity contribution in [3.05, 3.63) is 65.5 Å². The second kappa shape index (κ2) is 6.24. The van der Waals surface area contributed by atoms with E-state index in [-0.39, 0.29) is 10.8 Å². The summed E-state index contributed by atoms with van der Waals surface area (Å²) in [6.07, 6.45) is 4.32. The number of aromatic nitrogens is 1. The Morgan fingerprint density at radius 1 is 0.818 bits per heavy atom. The molecule has 0 spiro atoms. The van der Waals surface area contributed by atoms with Crippen LogP contribution in [-0.4, -0.2) is 0 Å². The van der Waals surface area contributed by atoms with E-state index in [9.17, 15) is 0 Å². The lowest BCUT2D eigenvalue weighted by atomic mass is 9.80. The van der Waals surface area contributed by atoms with Crippen molar-refractivity contribution in [3.63, 3.8) is 0 Å². The number of hydrogen-bond donors (Lipinski definition) is 0. The molecular formula is C21H30N+. The highest BCUT2D eigenvalue weighted by molar-refractivity contribution is 5.28. The third kappa shape index (κ3) is 4.43. The molecule has 118 valence electrons. The highest BCUT2D eigenvalue weighted by Gasteiger charge is 2.23. The van der Waals surface area contributed by atoms with Gasteiger partial charge in [0.1, 0.15) is 7.05 Å². The van der Waals surface area contributed by atoms with Crippen LogP contribution in [0.15, 0.2) is 48.7 Å². The molecule has 2 rings (SSSR count). The molecule has 22 heavy (non-hydrogen) atoms. The van der Waals surface area contributed by atoms with Crippen molar-refractivity contribution >= 4 is 0 Å². The topological polar surface area (TPSA) is 3.88 Å². The third-order valence-corrected chi connectivity index (χ3v) is 4.32. The largest absolute Gasteiger partial charge is 0.205 e. The van der Waals surface area contributed by atoms with Crippen molar-refractivity contribution < 1.29 is 4.57 Å². The number of aryl methyl sites for hydroxylation is 1. The Morgan fingerprint density at radius 2 is 1.45 bits per heavy atom. The number of nitrogens with zero attached hydrogens (tertiary/aromatic N) is 1. The van der Waals surface area contributed by atoms with E-state index < -0.39 is 0 Å². The van der Waals surface area contributed by atoms with Gasteiger partial charge < -0.3 is 0 Å². The minimum absolute atomic E-state index is 0.228. The quantitative estimate of drug-likeness (QED) is 0.725. The first-order chi connectivity index (χ1) is 10.2. The molecule has 0 aliphatic carbocycles. The number of pyridine rings is 1. The minimum Gasteiger partial charge on any atom is -0.205 e. The van der Waals surface area contributed by atoms with Gasteiger partial charge in [0.15, 0.2) is 11.9 Å². The van der Waals surface area contributed by atoms with Crippen LogP contribution in [0.25, 0.3) is 0 Å². The van der Waals surface area contributed by atoms with Crippen LogP contribution in [0.1, 0.15) is 51.4 Å². The number of rotatable bonds is 4. The maximum Gasteiger partial charge on any atom is 0.181 e. The lowest BCUT2D eigenvalue weighted by Gasteiger charge is -2.24. The molecular weight excluding hydrogens is 266 g/mol. The summed E-state index contributed by atoms with van der Waals surface area (Å²) in [7, 11) is 2.13. The zero-order valence-corrected chi connectivity index (χ0v) is 15.0. The molecule has 0 fully saturated rings. The summed E-state index contributed by atoms with van der Waals surface area (Å²) in [5.41, 5.74) is 4.70. The summed E-state index contributed by atoms with van der Waals surface area (Å²) in [5, 5.41) is 0. The van der Waals surface area contributed by atoms with Crippen LogP contribution in [-0.2, 0) is 25.3 Å². The minimum atomic E-state index is 0.228. The van der Waals surface area contributed by atoms with Crippen LogP contribution in [0.4, 0.5) is 0 Å². The second-order valence-electron chi connectivity index (χ2n) is 8.27. The summed E-state index contributed by atoms with van der Waals surface area (Å²) in [6, 6.07) is 15.6. The van der Waals surface area contributed by atoms with Gasteiger partial charge >= 0.3 is 0 Å². The Bertz CT molecular complexity index is 615. The first-order valence-corrected chi connectivity index (χ1v) is 8.20. The fraction of sp³-hybridized carbons (Fsp3) is 0.476. The second-order valence-corrected chi connectivity index (χ2v) is 8.27. The molecule has 2 aromatic rings. The smallest absolute Gasteiger partial charge is 0.181 e. The SMILES string of the molecule is C[n+]1ccccc1CC(C)(C)Cc1ccc(C(C)(C)C)cc1. The van der Waals surface area contributed by atoms with Gasteiger partial charge in [0.2, 0.25) is 0 Å². The molecule has 0 saturated heterocycles. The van der Waals surface area contributed by atoms with E-state index in [0.717, 1.165) is 12.8 Å². The Hall–Kier alpha value is -1.63. The van der Waals surface area contributed by atoms with Gasteiger partial charge in [-0.05, 0) is 28.4 Å². The van der Waals surface area contributed by atoms with Crippen molar-refractivity contribution in [2.24, 2.45) is 12.5 Å². The molecule has 0 aliphatic rings. The summed E-state index contributed by atoms with van der Waals surface area (Å²) in [4.78, 5) is 0. The van der Waals surface area contributed by atoms with Gasteiger partial charge in [-0.3, -0.25) is 0 Å². The van der Waals surface area contributed by atoms with E-state index in [1.54, 1.807) is 0 Å². The van der Waals surface area contributed by atoms with Crippen LogP contribution in [0.3, 0.4) is 0 Å². The molecule has 0 N–H and O–H groups in total. The predicted molar refractivity (Wildman–Crippen MR) is 93.9 cm³/mol. The highest BCUT2D eigenvalue weighted by atomic mass is 14.9. The maximum atomic E-state index is 2.36. The third-order valence-electron chi connectivity index (χ3n) is 4.32. The van der Waals surface area contributed by atoms with Gasteiger partial charge in [0.05, 0.1) is 0 Å². The first-order valence-electron chi connectivity index (χ1n) is 8.20. The zero-order valence-electron chi connectivity index (χ0n) is 15.0. The first kappa shape index (κ1) is 16.7. The van der Waals surface area contributed by atoms with Crippen molar-refractivity contribution in [2.45, 2.75) is 52.9 Å². The standard InChI is InChI=1S/C21H30N/c1-20(2,3)18-12-10-17(11-13-18)15-21(4,5)16-19-9-7-8-14-22(19)6/h7-14H,15-16H2,1-6H3/q+1. The van der Waals surface area contributed by atoms with Gasteiger partial charge in [-0.2, -0.15) is 0 Å². The van der Waals surface area contributed by atoms with Crippen molar-refractivity contribution in [1.29, 1.82) is 0 Å². The molecule has 1 heteroatoms. The average Bonchev–Trinajstić information content (AvgIpc) is 2.40. The van der Waals surface area contributed by atoms with E-state index in [4.69, 9.17) is 0 Å². The molecule has 0 bridgehead atoms. The molecule has 1 aromatic heterocycles. The molecule has 1 nitrogen and oxygen atoms in total. The zero-order chi connectivity index (χ0) is 16.4. The summed E-state index contributed by atoms with van der Waals surface area (Å²) in [5.74, 6) is 0. The molecule has 0 amide bonds. The van der Waals surface area contributed by atoms with Gasteiger partial charge in [-0.1, -0.05) is 65.0 Å². The Kier molecular flexibility index (Phi) is 4.75. The Balaban J connectivity index is 2.10. The lowest BCUT2D eigenvalue weighted by Crippen LogP contribution is -2.36. The van der Waals surface area contributed by atoms with Gasteiger partial charge in [-0.15, -0.1) is 0 Å². The predicted octanol–water partition coefficient (Wildman–Crippen LogP) is 4.62. The van der Waals surface area contributed by atoms with Crippen LogP contribution in [0.5, 0.6) is 0 Å². The average molecular weight is 296 g/mol. The van der Waals surface area contributed by atoms with E-state index in [0.29, 0.717) is 0 Å². The Labute approximate surface area is 136 Å². The number of benzene rings is 1. The van der Waals surface area contributed by atoms with E-state index in [1.165, 1.54) is 16.8 Å². The highest BCUT2D eigenvalue weighted by Crippen LogP contribution is 2.28. The van der Waals surface area contributed by atoms with Crippen LogP contribution < -0.4 is 4.57 Å². The molecule has 1 heterocycles. The maximum absolute atomic E-state index is 2.36. The molecule has 0 atom stereocenters. The summed E-state index contributed by atoms with van der Waals surface area (Å²) < 4.78 is 2.23. The Morgan fingerprint density at radius 3 is 2.00 bits per heavy atom. The van der Waals surface area contributed by atoms with Crippen LogP contribution in [0, 0.1) is 5.41 Å². The van der Waals surface area contributed by atoms with Gasteiger partial charge in [-0.25, -0.2) is 4.57 Å². The molecule has 0 unspecified atom stereocenters. The fourth-order valence-corrected chi connectivity index (χ4v) is 2.97. The van der Waals surface area contributed by atoms with Crippen molar-refractivity contribution in [2.75, 3.05) is 0 Å². The molecule has 0 aliphatic heterocycles. The fourth-order valence-electron chi connectivity index (χ4n) is 2.97. The lowest BCUT2D eigenvalue weighted by molar-refractivity contribution is -0.679. The van der Waals surface area contributed by atoms with Crippen LogP contribution in [0.2, 0.25) is 0 Å².